The molecule has 0 bridgehead atoms. The number of aliphatic hydroxyl groups is 2. The van der Waals surface area contributed by atoms with Gasteiger partial charge in [0.1, 0.15) is 0 Å². The van der Waals surface area contributed by atoms with Crippen molar-refractivity contribution in [3.63, 3.8) is 0 Å². The number of carbonyl (C=O) groups excluding carboxylic acids is 2. The number of allylic oxidation sites excluding steroid dienone is 5. The zero-order chi connectivity index (χ0) is 67.0. The first-order chi connectivity index (χ1) is 46.0. The molecule has 93 heavy (non-hydrogen) atoms. The minimum atomic E-state index is -0.843. The smallest absolute Gasteiger partial charge is 0.305 e. The van der Waals surface area contributed by atoms with Crippen molar-refractivity contribution in [2.75, 3.05) is 13.2 Å². The van der Waals surface area contributed by atoms with Crippen LogP contribution >= 0.6 is 0 Å². The van der Waals surface area contributed by atoms with Crippen molar-refractivity contribution in [3.8, 4) is 0 Å². The molecule has 0 heterocycles. The summed E-state index contributed by atoms with van der Waals surface area (Å²) in [5.41, 5.74) is 0. The van der Waals surface area contributed by atoms with E-state index in [1.54, 1.807) is 6.08 Å². The molecule has 2 atom stereocenters. The van der Waals surface area contributed by atoms with E-state index in [1.165, 1.54) is 417 Å². The average Bonchev–Trinajstić information content (AvgIpc) is 3.78. The minimum Gasteiger partial charge on any atom is -0.466 e. The first kappa shape index (κ1) is 91.1. The van der Waals surface area contributed by atoms with Gasteiger partial charge in [-0.2, -0.15) is 0 Å². The van der Waals surface area contributed by atoms with Crippen LogP contribution in [0.4, 0.5) is 0 Å². The summed E-state index contributed by atoms with van der Waals surface area (Å²) in [7, 11) is 0. The molecule has 0 fully saturated rings. The van der Waals surface area contributed by atoms with E-state index in [0.29, 0.717) is 19.4 Å². The lowest BCUT2D eigenvalue weighted by Crippen LogP contribution is -2.45. The van der Waals surface area contributed by atoms with Crippen molar-refractivity contribution >= 4 is 11.9 Å². The van der Waals surface area contributed by atoms with Crippen LogP contribution in [-0.2, 0) is 14.3 Å². The number of amides is 1. The van der Waals surface area contributed by atoms with Crippen molar-refractivity contribution in [3.05, 3.63) is 36.5 Å². The number of rotatable bonds is 81. The van der Waals surface area contributed by atoms with Crippen LogP contribution in [0.2, 0.25) is 0 Å². The fraction of sp³-hybridized carbons (Fsp3) is 0.908. The summed E-state index contributed by atoms with van der Waals surface area (Å²) in [6.45, 7) is 4.96. The van der Waals surface area contributed by atoms with Gasteiger partial charge in [-0.25, -0.2) is 0 Å². The van der Waals surface area contributed by atoms with Gasteiger partial charge in [-0.3, -0.25) is 9.59 Å². The second-order valence-corrected chi connectivity index (χ2v) is 29.5. The highest BCUT2D eigenvalue weighted by molar-refractivity contribution is 5.76. The summed E-state index contributed by atoms with van der Waals surface area (Å²) in [6, 6.07) is -0.626. The summed E-state index contributed by atoms with van der Waals surface area (Å²) < 4.78 is 5.52. The van der Waals surface area contributed by atoms with Crippen molar-refractivity contribution in [2.45, 2.75) is 495 Å². The third-order valence-corrected chi connectivity index (χ3v) is 20.1. The van der Waals surface area contributed by atoms with Gasteiger partial charge >= 0.3 is 5.97 Å². The van der Waals surface area contributed by atoms with Crippen LogP contribution in [0.15, 0.2) is 36.5 Å². The van der Waals surface area contributed by atoms with E-state index in [2.05, 4.69) is 43.5 Å². The van der Waals surface area contributed by atoms with Gasteiger partial charge in [0, 0.05) is 12.8 Å². The molecule has 0 rings (SSSR count). The minimum absolute atomic E-state index is 0.0218. The number of carbonyl (C=O) groups is 2. The third kappa shape index (κ3) is 79.0. The van der Waals surface area contributed by atoms with Crippen LogP contribution in [0.25, 0.3) is 0 Å². The van der Waals surface area contributed by atoms with E-state index in [0.717, 1.165) is 38.5 Å². The van der Waals surface area contributed by atoms with E-state index in [9.17, 15) is 19.8 Å². The molecule has 0 aromatic carbocycles. The highest BCUT2D eigenvalue weighted by atomic mass is 16.5. The topological polar surface area (TPSA) is 95.9 Å². The fourth-order valence-electron chi connectivity index (χ4n) is 13.6. The highest BCUT2D eigenvalue weighted by Gasteiger charge is 2.18. The maximum atomic E-state index is 12.5. The van der Waals surface area contributed by atoms with Crippen LogP contribution in [-0.4, -0.2) is 47.4 Å². The van der Waals surface area contributed by atoms with E-state index >= 15 is 0 Å². The van der Waals surface area contributed by atoms with Crippen LogP contribution in [0, 0.1) is 0 Å². The Kier molecular flexibility index (Phi) is 80.8. The predicted octanol–water partition coefficient (Wildman–Crippen LogP) is 28.6. The number of unbranched alkanes of at least 4 members (excludes halogenated alkanes) is 66. The van der Waals surface area contributed by atoms with Gasteiger partial charge in [0.2, 0.25) is 5.91 Å². The molecule has 0 aliphatic carbocycles. The molecule has 1 amide bonds. The van der Waals surface area contributed by atoms with Crippen molar-refractivity contribution in [1.82, 2.24) is 5.32 Å². The molecular formula is C87H167NO5. The molecule has 3 N–H and O–H groups in total. The summed E-state index contributed by atoms with van der Waals surface area (Å²) in [6.07, 6.45) is 109. The second-order valence-electron chi connectivity index (χ2n) is 29.5. The van der Waals surface area contributed by atoms with Gasteiger partial charge < -0.3 is 20.3 Å². The molecule has 6 heteroatoms. The third-order valence-electron chi connectivity index (χ3n) is 20.1. The molecule has 0 spiro atoms. The lowest BCUT2D eigenvalue weighted by molar-refractivity contribution is -0.143. The van der Waals surface area contributed by atoms with Gasteiger partial charge in [0.05, 0.1) is 25.4 Å². The Hall–Kier alpha value is -1.92. The molecule has 0 saturated heterocycles. The molecule has 550 valence electrons. The highest BCUT2D eigenvalue weighted by Crippen LogP contribution is 2.20. The molecule has 2 unspecified atom stereocenters. The van der Waals surface area contributed by atoms with Gasteiger partial charge in [-0.05, 0) is 83.5 Å². The van der Waals surface area contributed by atoms with Gasteiger partial charge in [-0.15, -0.1) is 0 Å². The van der Waals surface area contributed by atoms with E-state index < -0.39 is 12.1 Å². The molecule has 0 aromatic heterocycles. The first-order valence-corrected chi connectivity index (χ1v) is 42.8. The molecule has 0 radical (unpaired) electrons. The zero-order valence-electron chi connectivity index (χ0n) is 63.3. The quantitative estimate of drug-likeness (QED) is 0.0320. The number of esters is 1. The number of nitrogens with one attached hydrogen (secondary N) is 1. The van der Waals surface area contributed by atoms with Crippen LogP contribution in [0.3, 0.4) is 0 Å². The van der Waals surface area contributed by atoms with Crippen molar-refractivity contribution in [2.24, 2.45) is 0 Å². The molecular weight excluding hydrogens is 1140 g/mol. The van der Waals surface area contributed by atoms with Crippen molar-refractivity contribution < 1.29 is 24.5 Å². The predicted molar refractivity (Wildman–Crippen MR) is 412 cm³/mol. The maximum absolute atomic E-state index is 12.5. The number of ether oxygens (including phenoxy) is 1. The normalized spacial score (nSPS) is 12.6. The Labute approximate surface area is 583 Å². The Morgan fingerprint density at radius 2 is 0.505 bits per heavy atom. The standard InChI is InChI=1S/C87H167NO5/c1-3-5-7-9-11-13-15-17-19-21-23-44-47-51-55-59-63-67-71-75-79-85(90)84(83-89)88-86(91)80-76-72-68-64-60-56-52-48-45-41-39-37-35-33-31-29-27-25-24-26-28-30-32-34-36-38-40-42-46-50-54-58-62-66-70-74-78-82-93-87(92)81-77-73-69-65-61-57-53-49-43-22-20-18-16-14-12-10-8-6-4-2/h18,20,24,26,75,79,84-85,89-90H,3-17,19,21-23,25,27-74,76-78,80-83H2,1-2H3,(H,88,91)/b20-18-,26-24-,79-75+. The first-order valence-electron chi connectivity index (χ1n) is 42.8. The molecule has 6 nitrogen and oxygen atoms in total. The summed E-state index contributed by atoms with van der Waals surface area (Å²) in [5.74, 6) is -0.0376. The zero-order valence-corrected chi connectivity index (χ0v) is 63.3. The Bertz CT molecular complexity index is 1510. The van der Waals surface area contributed by atoms with E-state index in [4.69, 9.17) is 4.74 Å². The van der Waals surface area contributed by atoms with Crippen LogP contribution in [0.5, 0.6) is 0 Å². The molecule has 0 aliphatic rings. The molecule has 0 aromatic rings. The lowest BCUT2D eigenvalue weighted by Gasteiger charge is -2.20. The Morgan fingerprint density at radius 3 is 0.763 bits per heavy atom. The average molecular weight is 1310 g/mol. The number of aliphatic hydroxyl groups excluding tert-OH is 2. The maximum Gasteiger partial charge on any atom is 0.305 e. The number of hydrogen-bond donors (Lipinski definition) is 3. The molecule has 0 saturated carbocycles. The van der Waals surface area contributed by atoms with E-state index in [1.807, 2.05) is 6.08 Å². The van der Waals surface area contributed by atoms with E-state index in [-0.39, 0.29) is 18.5 Å². The van der Waals surface area contributed by atoms with Crippen molar-refractivity contribution in [1.29, 1.82) is 0 Å². The number of hydrogen-bond acceptors (Lipinski definition) is 5. The summed E-state index contributed by atoms with van der Waals surface area (Å²) in [4.78, 5) is 24.7. The Morgan fingerprint density at radius 1 is 0.290 bits per heavy atom. The SMILES string of the molecule is CCCCCCCC/C=C\CCCCCCCCCCCC(=O)OCCCCCCCCCCCCCCCCCC/C=C\CCCCCCCCCCCCCCCCCCCC(=O)NC(CO)C(O)/C=C/CCCCCCCCCCCCCCCCCCCC. The Balaban J connectivity index is 3.34. The molecule has 0 aliphatic heterocycles. The van der Waals surface area contributed by atoms with Crippen LogP contribution in [0.1, 0.15) is 483 Å². The second kappa shape index (κ2) is 82.5. The van der Waals surface area contributed by atoms with Crippen LogP contribution < -0.4 is 5.32 Å². The summed E-state index contributed by atoms with van der Waals surface area (Å²) >= 11 is 0. The fourth-order valence-corrected chi connectivity index (χ4v) is 13.6. The largest absolute Gasteiger partial charge is 0.466 e. The van der Waals surface area contributed by atoms with Gasteiger partial charge in [-0.1, -0.05) is 423 Å². The monoisotopic (exact) mass is 1310 g/mol. The van der Waals surface area contributed by atoms with Gasteiger partial charge in [0.15, 0.2) is 0 Å². The van der Waals surface area contributed by atoms with Gasteiger partial charge in [0.25, 0.3) is 0 Å². The lowest BCUT2D eigenvalue weighted by atomic mass is 10.0. The summed E-state index contributed by atoms with van der Waals surface area (Å²) in [5, 5.41) is 23.3.